The summed E-state index contributed by atoms with van der Waals surface area (Å²) < 4.78 is 70.1. The van der Waals surface area contributed by atoms with Crippen LogP contribution in [0.15, 0.2) is 72.8 Å². The number of Topliss-reactive ketones (excluding diaryl/α,β-unsaturated/α-hetero) is 2. The highest BCUT2D eigenvalue weighted by Gasteiger charge is 2.48. The SMILES string of the molecule is Cc1cc2ccccc2c2ccc3c(c12)C(=O)C(CC(F)(F)c1ccccc1)C(=O)C3CCC(F)(F)F. The number of hydrogen-bond acceptors (Lipinski definition) is 2. The summed E-state index contributed by atoms with van der Waals surface area (Å²) in [6, 6.07) is 19.4. The molecule has 0 N–H and O–H groups in total. The predicted molar refractivity (Wildman–Crippen MR) is 132 cm³/mol. The van der Waals surface area contributed by atoms with Crippen molar-refractivity contribution in [3.63, 3.8) is 0 Å². The first kappa shape index (κ1) is 25.1. The molecule has 0 radical (unpaired) electrons. The van der Waals surface area contributed by atoms with Crippen LogP contribution in [-0.4, -0.2) is 17.7 Å². The average Bonchev–Trinajstić information content (AvgIpc) is 2.86. The van der Waals surface area contributed by atoms with Gasteiger partial charge in [-0.3, -0.25) is 9.59 Å². The van der Waals surface area contributed by atoms with Crippen LogP contribution in [0, 0.1) is 12.8 Å². The minimum absolute atomic E-state index is 0.0846. The molecular formula is C30H23F5O2. The highest BCUT2D eigenvalue weighted by Crippen LogP contribution is 2.46. The average molecular weight is 511 g/mol. The molecule has 7 heteroatoms. The fourth-order valence-electron chi connectivity index (χ4n) is 5.54. The number of carbonyl (C=O) groups is 2. The highest BCUT2D eigenvalue weighted by molar-refractivity contribution is 6.25. The van der Waals surface area contributed by atoms with E-state index >= 15 is 8.78 Å². The molecule has 2 atom stereocenters. The standard InChI is InChI=1S/C30H23F5O2/c1-17-15-18-7-5-6-10-20(18)21-11-12-22-23(13-14-30(33,34)35)27(36)24(28(37)26(22)25(17)21)16-29(31,32)19-8-3-2-4-9-19/h2-12,15,23-24H,13-14,16H2,1H3. The van der Waals surface area contributed by atoms with Gasteiger partial charge in [-0.15, -0.1) is 0 Å². The van der Waals surface area contributed by atoms with Crippen molar-refractivity contribution in [3.8, 4) is 0 Å². The van der Waals surface area contributed by atoms with Crippen LogP contribution in [0.2, 0.25) is 0 Å². The summed E-state index contributed by atoms with van der Waals surface area (Å²) in [5, 5.41) is 2.93. The van der Waals surface area contributed by atoms with Crippen molar-refractivity contribution >= 4 is 33.1 Å². The number of fused-ring (bicyclic) bond motifs is 5. The maximum atomic E-state index is 15.3. The molecule has 2 unspecified atom stereocenters. The first-order chi connectivity index (χ1) is 17.5. The third-order valence-corrected chi connectivity index (χ3v) is 7.25. The van der Waals surface area contributed by atoms with Crippen LogP contribution in [0.3, 0.4) is 0 Å². The fraction of sp³-hybridized carbons (Fsp3) is 0.267. The molecule has 4 aromatic rings. The first-order valence-corrected chi connectivity index (χ1v) is 12.0. The van der Waals surface area contributed by atoms with E-state index in [2.05, 4.69) is 0 Å². The van der Waals surface area contributed by atoms with Crippen LogP contribution in [-0.2, 0) is 10.7 Å². The molecule has 0 saturated heterocycles. The monoisotopic (exact) mass is 510 g/mol. The quantitative estimate of drug-likeness (QED) is 0.154. The summed E-state index contributed by atoms with van der Waals surface area (Å²) in [5.74, 6) is -8.22. The van der Waals surface area contributed by atoms with Gasteiger partial charge in [0.25, 0.3) is 5.92 Å². The minimum atomic E-state index is -4.53. The van der Waals surface area contributed by atoms with E-state index in [1.807, 2.05) is 30.3 Å². The zero-order valence-corrected chi connectivity index (χ0v) is 19.9. The molecular weight excluding hydrogens is 487 g/mol. The summed E-state index contributed by atoms with van der Waals surface area (Å²) in [7, 11) is 0. The van der Waals surface area contributed by atoms with Gasteiger partial charge in [0.15, 0.2) is 11.6 Å². The Labute approximate surface area is 210 Å². The lowest BCUT2D eigenvalue weighted by Gasteiger charge is -2.33. The number of hydrogen-bond donors (Lipinski definition) is 0. The van der Waals surface area contributed by atoms with Crippen molar-refractivity contribution in [3.05, 3.63) is 95.1 Å². The van der Waals surface area contributed by atoms with Crippen LogP contribution < -0.4 is 0 Å². The molecule has 37 heavy (non-hydrogen) atoms. The van der Waals surface area contributed by atoms with E-state index in [1.54, 1.807) is 19.1 Å². The molecule has 5 rings (SSSR count). The third kappa shape index (κ3) is 4.52. The van der Waals surface area contributed by atoms with E-state index < -0.39 is 54.8 Å². The number of rotatable bonds is 5. The van der Waals surface area contributed by atoms with Crippen molar-refractivity contribution in [2.75, 3.05) is 0 Å². The van der Waals surface area contributed by atoms with Crippen LogP contribution >= 0.6 is 0 Å². The van der Waals surface area contributed by atoms with Gasteiger partial charge in [-0.1, -0.05) is 72.8 Å². The third-order valence-electron chi connectivity index (χ3n) is 7.25. The Morgan fingerprint density at radius 1 is 0.784 bits per heavy atom. The Balaban J connectivity index is 1.70. The van der Waals surface area contributed by atoms with Gasteiger partial charge in [-0.2, -0.15) is 13.2 Å². The number of benzene rings is 4. The minimum Gasteiger partial charge on any atom is -0.298 e. The number of carbonyl (C=O) groups excluding carboxylic acids is 2. The first-order valence-electron chi connectivity index (χ1n) is 12.0. The second-order valence-corrected chi connectivity index (χ2v) is 9.67. The Morgan fingerprint density at radius 2 is 1.46 bits per heavy atom. The summed E-state index contributed by atoms with van der Waals surface area (Å²) in [6.45, 7) is 1.77. The number of aryl methyl sites for hydroxylation is 1. The van der Waals surface area contributed by atoms with Gasteiger partial charge in [0.05, 0.1) is 5.92 Å². The van der Waals surface area contributed by atoms with Crippen molar-refractivity contribution in [2.45, 2.75) is 44.2 Å². The summed E-state index contributed by atoms with van der Waals surface area (Å²) >= 11 is 0. The van der Waals surface area contributed by atoms with Crippen LogP contribution in [0.25, 0.3) is 21.5 Å². The number of ketones is 2. The molecule has 0 bridgehead atoms. The fourth-order valence-corrected chi connectivity index (χ4v) is 5.54. The van der Waals surface area contributed by atoms with E-state index in [0.717, 1.165) is 10.8 Å². The van der Waals surface area contributed by atoms with E-state index in [0.29, 0.717) is 16.3 Å². The molecule has 2 nitrogen and oxygen atoms in total. The maximum Gasteiger partial charge on any atom is 0.389 e. The zero-order chi connectivity index (χ0) is 26.5. The molecule has 190 valence electrons. The molecule has 0 spiro atoms. The van der Waals surface area contributed by atoms with Gasteiger partial charge >= 0.3 is 6.18 Å². The van der Waals surface area contributed by atoms with Gasteiger partial charge in [0, 0.05) is 29.9 Å². The lowest BCUT2D eigenvalue weighted by Crippen LogP contribution is -2.39. The van der Waals surface area contributed by atoms with Crippen LogP contribution in [0.5, 0.6) is 0 Å². The van der Waals surface area contributed by atoms with Gasteiger partial charge < -0.3 is 0 Å². The molecule has 0 heterocycles. The van der Waals surface area contributed by atoms with Gasteiger partial charge in [-0.25, -0.2) is 8.78 Å². The molecule has 0 aromatic heterocycles. The summed E-state index contributed by atoms with van der Waals surface area (Å²) in [4.78, 5) is 27.2. The summed E-state index contributed by atoms with van der Waals surface area (Å²) in [6.07, 6.45) is -7.49. The normalized spacial score (nSPS) is 18.4. The Kier molecular flexibility index (Phi) is 6.13. The van der Waals surface area contributed by atoms with Gasteiger partial charge in [-0.05, 0) is 46.0 Å². The van der Waals surface area contributed by atoms with Crippen molar-refractivity contribution in [2.24, 2.45) is 5.92 Å². The lowest BCUT2D eigenvalue weighted by atomic mass is 9.69. The van der Waals surface area contributed by atoms with Crippen molar-refractivity contribution in [1.82, 2.24) is 0 Å². The molecule has 0 fully saturated rings. The van der Waals surface area contributed by atoms with E-state index in [-0.39, 0.29) is 16.7 Å². The van der Waals surface area contributed by atoms with Crippen LogP contribution in [0.1, 0.15) is 52.2 Å². The van der Waals surface area contributed by atoms with E-state index in [1.165, 1.54) is 30.3 Å². The smallest absolute Gasteiger partial charge is 0.298 e. The molecule has 4 aromatic carbocycles. The Hall–Kier alpha value is -3.61. The zero-order valence-electron chi connectivity index (χ0n) is 19.9. The topological polar surface area (TPSA) is 34.1 Å². The maximum absolute atomic E-state index is 15.3. The Bertz CT molecular complexity index is 1520. The van der Waals surface area contributed by atoms with Crippen LogP contribution in [0.4, 0.5) is 22.0 Å². The predicted octanol–water partition coefficient (Wildman–Crippen LogP) is 8.29. The second-order valence-electron chi connectivity index (χ2n) is 9.67. The van der Waals surface area contributed by atoms with E-state index in [4.69, 9.17) is 0 Å². The largest absolute Gasteiger partial charge is 0.389 e. The van der Waals surface area contributed by atoms with E-state index in [9.17, 15) is 22.8 Å². The summed E-state index contributed by atoms with van der Waals surface area (Å²) in [5.41, 5.74) is 0.607. The number of halogens is 5. The molecule has 1 aliphatic rings. The molecule has 0 aliphatic heterocycles. The number of alkyl halides is 5. The lowest BCUT2D eigenvalue weighted by molar-refractivity contribution is -0.139. The van der Waals surface area contributed by atoms with Crippen molar-refractivity contribution in [1.29, 1.82) is 0 Å². The molecule has 0 saturated carbocycles. The molecule has 1 aliphatic carbocycles. The Morgan fingerprint density at radius 3 is 2.16 bits per heavy atom. The van der Waals surface area contributed by atoms with Gasteiger partial charge in [0.2, 0.25) is 0 Å². The highest BCUT2D eigenvalue weighted by atomic mass is 19.4. The molecule has 0 amide bonds. The van der Waals surface area contributed by atoms with Crippen molar-refractivity contribution < 1.29 is 31.5 Å². The van der Waals surface area contributed by atoms with Gasteiger partial charge in [0.1, 0.15) is 0 Å². The second kappa shape index (κ2) is 9.05.